The number of hydrogen-bond acceptors (Lipinski definition) is 4. The van der Waals surface area contributed by atoms with Gasteiger partial charge in [0.2, 0.25) is 0 Å². The molecule has 106 valence electrons. The second-order valence-electron chi connectivity index (χ2n) is 5.64. The van der Waals surface area contributed by atoms with Gasteiger partial charge in [0.1, 0.15) is 5.60 Å². The lowest BCUT2D eigenvalue weighted by Crippen LogP contribution is -2.39. The summed E-state index contributed by atoms with van der Waals surface area (Å²) >= 11 is 0. The van der Waals surface area contributed by atoms with E-state index in [4.69, 9.17) is 4.74 Å². The van der Waals surface area contributed by atoms with E-state index in [0.29, 0.717) is 18.3 Å². The summed E-state index contributed by atoms with van der Waals surface area (Å²) < 4.78 is 16.3. The Kier molecular flexibility index (Phi) is 5.59. The standard InChI is InChI=1S/C12H24N2O3S/c1-12(2,3)17-11(15)14-7-5-10(9-14)13-6-8-18(4)16/h10,13H,5-9H2,1-4H3. The Bertz CT molecular complexity index is 315. The van der Waals surface area contributed by atoms with Gasteiger partial charge in [0.05, 0.1) is 0 Å². The Morgan fingerprint density at radius 2 is 2.17 bits per heavy atom. The van der Waals surface area contributed by atoms with E-state index >= 15 is 0 Å². The lowest BCUT2D eigenvalue weighted by atomic mass is 10.2. The molecule has 0 saturated carbocycles. The summed E-state index contributed by atoms with van der Waals surface area (Å²) in [6.45, 7) is 7.73. The topological polar surface area (TPSA) is 58.6 Å². The first-order chi connectivity index (χ1) is 8.28. The van der Waals surface area contributed by atoms with Crippen molar-refractivity contribution in [1.29, 1.82) is 0 Å². The van der Waals surface area contributed by atoms with E-state index in [1.54, 1.807) is 11.2 Å². The molecule has 1 amide bonds. The molecule has 1 aliphatic heterocycles. The maximum atomic E-state index is 11.8. The molecular weight excluding hydrogens is 252 g/mol. The maximum Gasteiger partial charge on any atom is 0.410 e. The number of carbonyl (C=O) groups is 1. The summed E-state index contributed by atoms with van der Waals surface area (Å²) in [5.41, 5.74) is -0.443. The molecule has 1 heterocycles. The summed E-state index contributed by atoms with van der Waals surface area (Å²) in [6.07, 6.45) is 2.38. The molecule has 0 aromatic carbocycles. The average molecular weight is 276 g/mol. The van der Waals surface area contributed by atoms with Crippen LogP contribution < -0.4 is 5.32 Å². The lowest BCUT2D eigenvalue weighted by molar-refractivity contribution is 0.0291. The van der Waals surface area contributed by atoms with Crippen LogP contribution in [0.4, 0.5) is 4.79 Å². The van der Waals surface area contributed by atoms with E-state index in [1.165, 1.54) is 0 Å². The fraction of sp³-hybridized carbons (Fsp3) is 0.917. The molecule has 0 aromatic rings. The molecule has 0 spiro atoms. The second-order valence-corrected chi connectivity index (χ2v) is 7.20. The zero-order chi connectivity index (χ0) is 13.8. The fourth-order valence-electron chi connectivity index (χ4n) is 1.83. The van der Waals surface area contributed by atoms with Gasteiger partial charge in [-0.25, -0.2) is 4.79 Å². The predicted molar refractivity (Wildman–Crippen MR) is 73.1 cm³/mol. The van der Waals surface area contributed by atoms with Gasteiger partial charge in [-0.1, -0.05) is 0 Å². The van der Waals surface area contributed by atoms with Gasteiger partial charge in [-0.05, 0) is 27.2 Å². The lowest BCUT2D eigenvalue weighted by Gasteiger charge is -2.24. The Morgan fingerprint density at radius 1 is 1.50 bits per heavy atom. The molecule has 2 atom stereocenters. The molecule has 18 heavy (non-hydrogen) atoms. The molecule has 5 nitrogen and oxygen atoms in total. The highest BCUT2D eigenvalue weighted by Crippen LogP contribution is 2.15. The first-order valence-corrected chi connectivity index (χ1v) is 8.02. The van der Waals surface area contributed by atoms with Crippen LogP contribution in [0.1, 0.15) is 27.2 Å². The van der Waals surface area contributed by atoms with Crippen LogP contribution in [0.2, 0.25) is 0 Å². The molecule has 1 rings (SSSR count). The third kappa shape index (κ3) is 5.82. The van der Waals surface area contributed by atoms with Crippen LogP contribution in [0, 0.1) is 0 Å². The minimum Gasteiger partial charge on any atom is -0.444 e. The Balaban J connectivity index is 2.28. The molecule has 1 aliphatic rings. The maximum absolute atomic E-state index is 11.8. The van der Waals surface area contributed by atoms with Crippen LogP contribution >= 0.6 is 0 Å². The van der Waals surface area contributed by atoms with Crippen molar-refractivity contribution in [3.05, 3.63) is 0 Å². The molecular formula is C12H24N2O3S. The minimum absolute atomic E-state index is 0.245. The molecule has 1 saturated heterocycles. The zero-order valence-electron chi connectivity index (χ0n) is 11.7. The second kappa shape index (κ2) is 6.52. The van der Waals surface area contributed by atoms with Crippen LogP contribution in [0.15, 0.2) is 0 Å². The van der Waals surface area contributed by atoms with Gasteiger partial charge in [0, 0.05) is 48.5 Å². The van der Waals surface area contributed by atoms with Gasteiger partial charge in [-0.2, -0.15) is 0 Å². The van der Waals surface area contributed by atoms with Gasteiger partial charge in [-0.15, -0.1) is 0 Å². The Hall–Kier alpha value is -0.620. The predicted octanol–water partition coefficient (Wildman–Crippen LogP) is 0.964. The number of amides is 1. The van der Waals surface area contributed by atoms with Gasteiger partial charge in [0.25, 0.3) is 0 Å². The summed E-state index contributed by atoms with van der Waals surface area (Å²) in [5.74, 6) is 0.656. The van der Waals surface area contributed by atoms with E-state index in [-0.39, 0.29) is 6.09 Å². The highest BCUT2D eigenvalue weighted by molar-refractivity contribution is 7.84. The largest absolute Gasteiger partial charge is 0.444 e. The third-order valence-electron chi connectivity index (χ3n) is 2.66. The van der Waals surface area contributed by atoms with Crippen molar-refractivity contribution in [2.24, 2.45) is 0 Å². The Morgan fingerprint density at radius 3 is 2.72 bits per heavy atom. The van der Waals surface area contributed by atoms with Gasteiger partial charge in [0.15, 0.2) is 0 Å². The molecule has 6 heteroatoms. The number of nitrogens with zero attached hydrogens (tertiary/aromatic N) is 1. The fourth-order valence-corrected chi connectivity index (χ4v) is 2.23. The van der Waals surface area contributed by atoms with E-state index in [2.05, 4.69) is 5.32 Å². The highest BCUT2D eigenvalue weighted by Gasteiger charge is 2.29. The SMILES string of the molecule is CS(=O)CCNC1CCN(C(=O)OC(C)(C)C)C1. The molecule has 0 aliphatic carbocycles. The van der Waals surface area contributed by atoms with Gasteiger partial charge >= 0.3 is 6.09 Å². The molecule has 2 unspecified atom stereocenters. The number of rotatable bonds is 4. The summed E-state index contributed by atoms with van der Waals surface area (Å²) in [6, 6.07) is 0.293. The minimum atomic E-state index is -0.764. The van der Waals surface area contributed by atoms with E-state index in [9.17, 15) is 9.00 Å². The zero-order valence-corrected chi connectivity index (χ0v) is 12.5. The highest BCUT2D eigenvalue weighted by atomic mass is 32.2. The molecule has 0 radical (unpaired) electrons. The van der Waals surface area contributed by atoms with Gasteiger partial charge in [-0.3, -0.25) is 4.21 Å². The van der Waals surface area contributed by atoms with Crippen LogP contribution in [-0.2, 0) is 15.5 Å². The number of likely N-dealkylation sites (tertiary alicyclic amines) is 1. The van der Waals surface area contributed by atoms with Crippen molar-refractivity contribution in [3.8, 4) is 0 Å². The van der Waals surface area contributed by atoms with Crippen molar-refractivity contribution in [1.82, 2.24) is 10.2 Å². The van der Waals surface area contributed by atoms with Crippen molar-refractivity contribution >= 4 is 16.9 Å². The summed E-state index contributed by atoms with van der Waals surface area (Å²) in [5, 5.41) is 3.32. The van der Waals surface area contributed by atoms with E-state index in [1.807, 2.05) is 20.8 Å². The monoisotopic (exact) mass is 276 g/mol. The van der Waals surface area contributed by atoms with Crippen molar-refractivity contribution < 1.29 is 13.7 Å². The summed E-state index contributed by atoms with van der Waals surface area (Å²) in [7, 11) is -0.764. The number of nitrogens with one attached hydrogen (secondary N) is 1. The van der Waals surface area contributed by atoms with Crippen molar-refractivity contribution in [3.63, 3.8) is 0 Å². The Labute approximate surface area is 112 Å². The summed E-state index contributed by atoms with van der Waals surface area (Å²) in [4.78, 5) is 13.5. The van der Waals surface area contributed by atoms with Crippen LogP contribution in [0.25, 0.3) is 0 Å². The molecule has 1 N–H and O–H groups in total. The normalized spacial score (nSPS) is 22.0. The number of hydrogen-bond donors (Lipinski definition) is 1. The number of carbonyl (C=O) groups excluding carboxylic acids is 1. The van der Waals surface area contributed by atoms with Crippen LogP contribution in [-0.4, -0.2) is 58.5 Å². The van der Waals surface area contributed by atoms with Gasteiger partial charge < -0.3 is 15.0 Å². The van der Waals surface area contributed by atoms with E-state index < -0.39 is 16.4 Å². The molecule has 1 fully saturated rings. The first-order valence-electron chi connectivity index (χ1n) is 6.29. The first kappa shape index (κ1) is 15.4. The smallest absolute Gasteiger partial charge is 0.410 e. The number of ether oxygens (including phenoxy) is 1. The van der Waals surface area contributed by atoms with Crippen molar-refractivity contribution in [2.75, 3.05) is 31.6 Å². The third-order valence-corrected chi connectivity index (χ3v) is 3.44. The van der Waals surface area contributed by atoms with Crippen LogP contribution in [0.3, 0.4) is 0 Å². The molecule has 0 bridgehead atoms. The average Bonchev–Trinajstić information content (AvgIpc) is 2.63. The van der Waals surface area contributed by atoms with Crippen molar-refractivity contribution in [2.45, 2.75) is 38.8 Å². The quantitative estimate of drug-likeness (QED) is 0.831. The molecule has 0 aromatic heterocycles. The van der Waals surface area contributed by atoms with Crippen LogP contribution in [0.5, 0.6) is 0 Å². The van der Waals surface area contributed by atoms with E-state index in [0.717, 1.165) is 19.5 Å².